The number of nitrogen functional groups attached to an aromatic ring is 1. The molecule has 1 aromatic heterocycles. The Morgan fingerprint density at radius 3 is 2.71 bits per heavy atom. The molecular weight excluding hydrogens is 241 g/mol. The van der Waals surface area contributed by atoms with Gasteiger partial charge in [0.05, 0.1) is 16.3 Å². The Morgan fingerprint density at radius 2 is 2.12 bits per heavy atom. The van der Waals surface area contributed by atoms with Crippen LogP contribution in [0.4, 0.5) is 10.2 Å². The highest BCUT2D eigenvalue weighted by Gasteiger charge is 2.20. The van der Waals surface area contributed by atoms with Crippen LogP contribution in [0.15, 0.2) is 18.2 Å². The average molecular weight is 254 g/mol. The third-order valence-electron chi connectivity index (χ3n) is 2.62. The van der Waals surface area contributed by atoms with Crippen molar-refractivity contribution >= 4 is 17.4 Å². The number of hydrogen-bond acceptors (Lipinski definition) is 2. The fourth-order valence-electron chi connectivity index (χ4n) is 1.88. The monoisotopic (exact) mass is 253 g/mol. The highest BCUT2D eigenvalue weighted by Crippen LogP contribution is 2.36. The minimum Gasteiger partial charge on any atom is -0.382 e. The molecule has 90 valence electrons. The first-order chi connectivity index (χ1) is 8.02. The lowest BCUT2D eigenvalue weighted by atomic mass is 9.98. The first-order valence-corrected chi connectivity index (χ1v) is 5.68. The molecule has 2 rings (SSSR count). The SMILES string of the molecule is CC(C)c1c(N)n[nH]c1-c1c(F)cccc1Cl. The summed E-state index contributed by atoms with van der Waals surface area (Å²) in [5.74, 6) is 0.136. The van der Waals surface area contributed by atoms with Crippen molar-refractivity contribution in [2.75, 3.05) is 5.73 Å². The van der Waals surface area contributed by atoms with Gasteiger partial charge in [-0.3, -0.25) is 5.10 Å². The summed E-state index contributed by atoms with van der Waals surface area (Å²) in [6.07, 6.45) is 0. The van der Waals surface area contributed by atoms with Gasteiger partial charge < -0.3 is 5.73 Å². The van der Waals surface area contributed by atoms with Gasteiger partial charge in [-0.25, -0.2) is 4.39 Å². The maximum atomic E-state index is 13.8. The van der Waals surface area contributed by atoms with Crippen molar-refractivity contribution in [2.45, 2.75) is 19.8 Å². The summed E-state index contributed by atoms with van der Waals surface area (Å²) in [5.41, 5.74) is 7.44. The zero-order valence-corrected chi connectivity index (χ0v) is 10.3. The van der Waals surface area contributed by atoms with Crippen molar-refractivity contribution in [3.8, 4) is 11.3 Å². The molecule has 0 unspecified atom stereocenters. The van der Waals surface area contributed by atoms with Crippen molar-refractivity contribution < 1.29 is 4.39 Å². The fraction of sp³-hybridized carbons (Fsp3) is 0.250. The molecule has 0 aliphatic heterocycles. The van der Waals surface area contributed by atoms with Crippen LogP contribution in [0.5, 0.6) is 0 Å². The summed E-state index contributed by atoms with van der Waals surface area (Å²) in [5, 5.41) is 7.02. The molecule has 1 heterocycles. The van der Waals surface area contributed by atoms with Gasteiger partial charge in [-0.1, -0.05) is 31.5 Å². The second-order valence-electron chi connectivity index (χ2n) is 4.15. The summed E-state index contributed by atoms with van der Waals surface area (Å²) in [6.45, 7) is 3.94. The number of aromatic nitrogens is 2. The molecule has 2 aromatic rings. The van der Waals surface area contributed by atoms with Crippen molar-refractivity contribution in [3.05, 3.63) is 34.6 Å². The number of nitrogens with zero attached hydrogens (tertiary/aromatic N) is 1. The number of aromatic amines is 1. The van der Waals surface area contributed by atoms with E-state index < -0.39 is 0 Å². The van der Waals surface area contributed by atoms with Crippen LogP contribution in [0.3, 0.4) is 0 Å². The molecule has 17 heavy (non-hydrogen) atoms. The van der Waals surface area contributed by atoms with Gasteiger partial charge in [-0.05, 0) is 18.1 Å². The number of hydrogen-bond donors (Lipinski definition) is 2. The lowest BCUT2D eigenvalue weighted by Gasteiger charge is -2.09. The average Bonchev–Trinajstić information content (AvgIpc) is 2.60. The maximum absolute atomic E-state index is 13.8. The molecule has 0 spiro atoms. The summed E-state index contributed by atoms with van der Waals surface area (Å²) in [7, 11) is 0. The first kappa shape index (κ1) is 11.9. The van der Waals surface area contributed by atoms with E-state index in [1.165, 1.54) is 6.07 Å². The predicted octanol–water partition coefficient (Wildman–Crippen LogP) is 3.57. The molecule has 1 aromatic carbocycles. The van der Waals surface area contributed by atoms with Crippen LogP contribution < -0.4 is 5.73 Å². The number of nitrogens with one attached hydrogen (secondary N) is 1. The fourth-order valence-corrected chi connectivity index (χ4v) is 2.13. The second kappa shape index (κ2) is 4.37. The van der Waals surface area contributed by atoms with E-state index in [-0.39, 0.29) is 11.7 Å². The van der Waals surface area contributed by atoms with Crippen LogP contribution >= 0.6 is 11.6 Å². The zero-order chi connectivity index (χ0) is 12.6. The number of rotatable bonds is 2. The van der Waals surface area contributed by atoms with Gasteiger partial charge >= 0.3 is 0 Å². The first-order valence-electron chi connectivity index (χ1n) is 5.30. The Morgan fingerprint density at radius 1 is 1.41 bits per heavy atom. The quantitative estimate of drug-likeness (QED) is 0.860. The molecule has 0 aliphatic carbocycles. The molecule has 0 amide bonds. The van der Waals surface area contributed by atoms with Crippen LogP contribution in [-0.2, 0) is 0 Å². The van der Waals surface area contributed by atoms with Crippen molar-refractivity contribution in [2.24, 2.45) is 0 Å². The Kier molecular flexibility index (Phi) is 3.07. The van der Waals surface area contributed by atoms with Gasteiger partial charge in [0.2, 0.25) is 0 Å². The molecule has 0 fully saturated rings. The number of benzene rings is 1. The third kappa shape index (κ3) is 2.00. The Labute approximate surface area is 104 Å². The van der Waals surface area contributed by atoms with E-state index >= 15 is 0 Å². The standard InChI is InChI=1S/C12H13ClFN3/c1-6(2)9-11(16-17-12(9)15)10-7(13)4-3-5-8(10)14/h3-6H,1-2H3,(H3,15,16,17). The number of anilines is 1. The molecular formula is C12H13ClFN3. The van der Waals surface area contributed by atoms with E-state index in [1.807, 2.05) is 13.8 Å². The number of H-pyrrole nitrogens is 1. The summed E-state index contributed by atoms with van der Waals surface area (Å²) >= 11 is 6.02. The highest BCUT2D eigenvalue weighted by molar-refractivity contribution is 6.33. The maximum Gasteiger partial charge on any atom is 0.149 e. The minimum absolute atomic E-state index is 0.138. The molecule has 0 aliphatic rings. The van der Waals surface area contributed by atoms with Gasteiger partial charge in [-0.2, -0.15) is 5.10 Å². The highest BCUT2D eigenvalue weighted by atomic mass is 35.5. The Balaban J connectivity index is 2.69. The van der Waals surface area contributed by atoms with Crippen LogP contribution in [0.1, 0.15) is 25.3 Å². The smallest absolute Gasteiger partial charge is 0.149 e. The van der Waals surface area contributed by atoms with Crippen molar-refractivity contribution in [3.63, 3.8) is 0 Å². The van der Waals surface area contributed by atoms with Gasteiger partial charge in [-0.15, -0.1) is 0 Å². The molecule has 0 bridgehead atoms. The predicted molar refractivity (Wildman–Crippen MR) is 67.5 cm³/mol. The van der Waals surface area contributed by atoms with Gasteiger partial charge in [0.25, 0.3) is 0 Å². The molecule has 0 saturated heterocycles. The van der Waals surface area contributed by atoms with E-state index in [2.05, 4.69) is 10.2 Å². The Hall–Kier alpha value is -1.55. The van der Waals surface area contributed by atoms with E-state index in [4.69, 9.17) is 17.3 Å². The molecule has 0 radical (unpaired) electrons. The molecule has 3 nitrogen and oxygen atoms in total. The summed E-state index contributed by atoms with van der Waals surface area (Å²) in [6, 6.07) is 4.57. The van der Waals surface area contributed by atoms with Crippen LogP contribution in [-0.4, -0.2) is 10.2 Å². The van der Waals surface area contributed by atoms with E-state index in [0.717, 1.165) is 5.56 Å². The summed E-state index contributed by atoms with van der Waals surface area (Å²) < 4.78 is 13.8. The van der Waals surface area contributed by atoms with Crippen molar-refractivity contribution in [1.29, 1.82) is 0 Å². The van der Waals surface area contributed by atoms with E-state index in [0.29, 0.717) is 22.1 Å². The van der Waals surface area contributed by atoms with Gasteiger partial charge in [0, 0.05) is 5.56 Å². The number of nitrogens with two attached hydrogens (primary N) is 1. The molecule has 0 saturated carbocycles. The van der Waals surface area contributed by atoms with Crippen molar-refractivity contribution in [1.82, 2.24) is 10.2 Å². The van der Waals surface area contributed by atoms with Gasteiger partial charge in [0.15, 0.2) is 0 Å². The summed E-state index contributed by atoms with van der Waals surface area (Å²) in [4.78, 5) is 0. The second-order valence-corrected chi connectivity index (χ2v) is 4.56. The van der Waals surface area contributed by atoms with Crippen LogP contribution in [0.2, 0.25) is 5.02 Å². The van der Waals surface area contributed by atoms with Gasteiger partial charge in [0.1, 0.15) is 11.6 Å². The van der Waals surface area contributed by atoms with E-state index in [9.17, 15) is 4.39 Å². The topological polar surface area (TPSA) is 54.7 Å². The zero-order valence-electron chi connectivity index (χ0n) is 9.59. The lowest BCUT2D eigenvalue weighted by Crippen LogP contribution is -1.96. The van der Waals surface area contributed by atoms with E-state index in [1.54, 1.807) is 12.1 Å². The molecule has 5 heteroatoms. The molecule has 0 atom stereocenters. The minimum atomic E-state index is -0.386. The third-order valence-corrected chi connectivity index (χ3v) is 2.94. The van der Waals surface area contributed by atoms with Crippen LogP contribution in [0, 0.1) is 5.82 Å². The Bertz CT molecular complexity index is 528. The van der Waals surface area contributed by atoms with Crippen LogP contribution in [0.25, 0.3) is 11.3 Å². The lowest BCUT2D eigenvalue weighted by molar-refractivity contribution is 0.630. The number of halogens is 2. The normalized spacial score (nSPS) is 11.1. The largest absolute Gasteiger partial charge is 0.382 e. The molecule has 3 N–H and O–H groups in total.